The van der Waals surface area contributed by atoms with Crippen molar-refractivity contribution in [3.05, 3.63) is 65.6 Å². The van der Waals surface area contributed by atoms with Crippen molar-refractivity contribution in [1.82, 2.24) is 0 Å². The lowest BCUT2D eigenvalue weighted by Gasteiger charge is -2.02. The van der Waals surface area contributed by atoms with Gasteiger partial charge in [0.15, 0.2) is 0 Å². The van der Waals surface area contributed by atoms with Crippen LogP contribution in [0.2, 0.25) is 0 Å². The Morgan fingerprint density at radius 2 is 1.61 bits per heavy atom. The summed E-state index contributed by atoms with van der Waals surface area (Å²) >= 11 is 0. The topological polar surface area (TPSA) is 66.9 Å². The summed E-state index contributed by atoms with van der Waals surface area (Å²) in [4.78, 5) is 0.496. The van der Waals surface area contributed by atoms with Crippen LogP contribution in [0.4, 0.5) is 5.69 Å². The van der Waals surface area contributed by atoms with Gasteiger partial charge in [0.2, 0.25) is 0 Å². The highest BCUT2D eigenvalue weighted by molar-refractivity contribution is 7.95. The summed E-state index contributed by atoms with van der Waals surface area (Å²) in [6.45, 7) is 0. The number of para-hydroxylation sites is 1. The maximum atomic E-state index is 12.2. The number of anilines is 1. The van der Waals surface area contributed by atoms with Crippen molar-refractivity contribution < 1.29 is 4.21 Å². The summed E-state index contributed by atoms with van der Waals surface area (Å²) in [6.07, 6.45) is 1.64. The minimum Gasteiger partial charge on any atom is -0.398 e. The Morgan fingerprint density at radius 1 is 1.00 bits per heavy atom. The first kappa shape index (κ1) is 12.4. The Balaban J connectivity index is 2.32. The van der Waals surface area contributed by atoms with Gasteiger partial charge in [-0.25, -0.2) is 8.99 Å². The zero-order chi connectivity index (χ0) is 13.0. The van der Waals surface area contributed by atoms with Crippen LogP contribution in [-0.2, 0) is 9.73 Å². The van der Waals surface area contributed by atoms with Crippen molar-refractivity contribution in [2.75, 3.05) is 5.73 Å². The first-order chi connectivity index (χ1) is 8.59. The summed E-state index contributed by atoms with van der Waals surface area (Å²) in [5.41, 5.74) is 7.16. The lowest BCUT2D eigenvalue weighted by Crippen LogP contribution is -1.94. The fourth-order valence-electron chi connectivity index (χ4n) is 1.53. The third-order valence-corrected chi connectivity index (χ3v) is 4.02. The van der Waals surface area contributed by atoms with Gasteiger partial charge >= 0.3 is 0 Å². The molecule has 0 aromatic heterocycles. The molecule has 2 rings (SSSR count). The lowest BCUT2D eigenvalue weighted by molar-refractivity contribution is 0.681. The molecule has 0 fully saturated rings. The number of benzene rings is 2. The van der Waals surface area contributed by atoms with E-state index in [0.717, 1.165) is 5.56 Å². The average molecular weight is 258 g/mol. The van der Waals surface area contributed by atoms with Gasteiger partial charge in [-0.1, -0.05) is 36.4 Å². The van der Waals surface area contributed by atoms with Gasteiger partial charge in [0, 0.05) is 11.1 Å². The number of nitrogen functional groups attached to an aromatic ring is 1. The largest absolute Gasteiger partial charge is 0.398 e. The lowest BCUT2D eigenvalue weighted by atomic mass is 10.2. The zero-order valence-corrected chi connectivity index (χ0v) is 10.6. The number of nitrogens with one attached hydrogen (secondary N) is 1. The highest BCUT2D eigenvalue weighted by atomic mass is 32.2. The maximum Gasteiger partial charge on any atom is 0.0943 e. The molecule has 1 atom stereocenters. The van der Waals surface area contributed by atoms with Crippen molar-refractivity contribution in [2.45, 2.75) is 4.90 Å². The molecule has 0 radical (unpaired) electrons. The normalized spacial score (nSPS) is 14.4. The molecule has 18 heavy (non-hydrogen) atoms. The first-order valence-corrected chi connectivity index (χ1v) is 7.08. The first-order valence-electron chi connectivity index (χ1n) is 5.46. The van der Waals surface area contributed by atoms with Crippen LogP contribution in [0.15, 0.2) is 64.9 Å². The molecular formula is C14H14N2OS. The standard InChI is InChI=1S/C14H14N2OS/c15-14-9-5-4-6-12(14)10-11-18(16,17)13-7-2-1-3-8-13/h1-11,16H,15H2. The zero-order valence-electron chi connectivity index (χ0n) is 9.74. The quantitative estimate of drug-likeness (QED) is 0.829. The smallest absolute Gasteiger partial charge is 0.0943 e. The van der Waals surface area contributed by atoms with Crippen LogP contribution in [0.1, 0.15) is 5.56 Å². The van der Waals surface area contributed by atoms with Crippen LogP contribution < -0.4 is 5.73 Å². The van der Waals surface area contributed by atoms with Crippen molar-refractivity contribution in [3.63, 3.8) is 0 Å². The minimum atomic E-state index is -2.91. The Labute approximate surface area is 107 Å². The Bertz CT molecular complexity index is 661. The van der Waals surface area contributed by atoms with E-state index in [1.54, 1.807) is 36.4 Å². The van der Waals surface area contributed by atoms with E-state index >= 15 is 0 Å². The van der Waals surface area contributed by atoms with Gasteiger partial charge in [-0.05, 0) is 29.8 Å². The summed E-state index contributed by atoms with van der Waals surface area (Å²) < 4.78 is 20.1. The molecule has 0 spiro atoms. The SMILES string of the molecule is N=S(=O)(C=Cc1ccccc1N)c1ccccc1. The Hall–Kier alpha value is -2.07. The molecule has 3 N–H and O–H groups in total. The summed E-state index contributed by atoms with van der Waals surface area (Å²) in [6, 6.07) is 16.0. The van der Waals surface area contributed by atoms with Crippen LogP contribution >= 0.6 is 0 Å². The highest BCUT2D eigenvalue weighted by Crippen LogP contribution is 2.17. The molecule has 1 unspecified atom stereocenters. The molecule has 0 amide bonds. The molecule has 0 bridgehead atoms. The van der Waals surface area contributed by atoms with E-state index in [1.807, 2.05) is 24.3 Å². The van der Waals surface area contributed by atoms with Crippen LogP contribution in [0, 0.1) is 4.78 Å². The third kappa shape index (κ3) is 2.78. The molecule has 0 aliphatic heterocycles. The maximum absolute atomic E-state index is 12.2. The molecule has 0 aliphatic carbocycles. The molecule has 0 heterocycles. The van der Waals surface area contributed by atoms with Crippen LogP contribution in [0.3, 0.4) is 0 Å². The van der Waals surface area contributed by atoms with Crippen molar-refractivity contribution >= 4 is 21.5 Å². The van der Waals surface area contributed by atoms with Gasteiger partial charge in [-0.15, -0.1) is 0 Å². The average Bonchev–Trinajstić information content (AvgIpc) is 2.39. The van der Waals surface area contributed by atoms with Crippen LogP contribution in [0.5, 0.6) is 0 Å². The predicted octanol–water partition coefficient (Wildman–Crippen LogP) is 3.35. The van der Waals surface area contributed by atoms with Crippen molar-refractivity contribution in [2.24, 2.45) is 0 Å². The highest BCUT2D eigenvalue weighted by Gasteiger charge is 2.04. The minimum absolute atomic E-state index is 0.496. The number of hydrogen-bond donors (Lipinski definition) is 2. The predicted molar refractivity (Wildman–Crippen MR) is 75.5 cm³/mol. The van der Waals surface area contributed by atoms with E-state index in [9.17, 15) is 4.21 Å². The second-order valence-electron chi connectivity index (χ2n) is 3.85. The van der Waals surface area contributed by atoms with Gasteiger partial charge in [0.05, 0.1) is 14.6 Å². The molecule has 92 valence electrons. The van der Waals surface area contributed by atoms with E-state index in [1.165, 1.54) is 5.41 Å². The second-order valence-corrected chi connectivity index (χ2v) is 5.79. The molecule has 0 saturated carbocycles. The molecule has 0 aliphatic rings. The molecular weight excluding hydrogens is 244 g/mol. The van der Waals surface area contributed by atoms with Gasteiger partial charge in [-0.2, -0.15) is 0 Å². The monoisotopic (exact) mass is 258 g/mol. The number of hydrogen-bond acceptors (Lipinski definition) is 3. The second kappa shape index (κ2) is 5.06. The van der Waals surface area contributed by atoms with Gasteiger partial charge < -0.3 is 5.73 Å². The molecule has 0 saturated heterocycles. The number of rotatable bonds is 3. The number of nitrogens with two attached hydrogens (primary N) is 1. The summed E-state index contributed by atoms with van der Waals surface area (Å²) in [7, 11) is -2.91. The van der Waals surface area contributed by atoms with E-state index in [0.29, 0.717) is 10.6 Å². The van der Waals surface area contributed by atoms with Crippen molar-refractivity contribution in [3.8, 4) is 0 Å². The Morgan fingerprint density at radius 3 is 2.28 bits per heavy atom. The molecule has 4 heteroatoms. The van der Waals surface area contributed by atoms with E-state index < -0.39 is 9.73 Å². The van der Waals surface area contributed by atoms with Gasteiger partial charge in [0.25, 0.3) is 0 Å². The molecule has 2 aromatic rings. The fourth-order valence-corrected chi connectivity index (χ4v) is 2.59. The summed E-state index contributed by atoms with van der Waals surface area (Å²) in [5, 5.41) is 1.40. The summed E-state index contributed by atoms with van der Waals surface area (Å²) in [5.74, 6) is 0. The van der Waals surface area contributed by atoms with E-state index in [-0.39, 0.29) is 0 Å². The van der Waals surface area contributed by atoms with Crippen molar-refractivity contribution in [1.29, 1.82) is 4.78 Å². The molecule has 2 aromatic carbocycles. The van der Waals surface area contributed by atoms with Gasteiger partial charge in [0.1, 0.15) is 0 Å². The van der Waals surface area contributed by atoms with Crippen LogP contribution in [-0.4, -0.2) is 4.21 Å². The molecule has 3 nitrogen and oxygen atoms in total. The van der Waals surface area contributed by atoms with E-state index in [2.05, 4.69) is 0 Å². The third-order valence-electron chi connectivity index (χ3n) is 2.53. The Kier molecular flexibility index (Phi) is 3.48. The van der Waals surface area contributed by atoms with Crippen LogP contribution in [0.25, 0.3) is 6.08 Å². The fraction of sp³-hybridized carbons (Fsp3) is 0. The van der Waals surface area contributed by atoms with Gasteiger partial charge in [-0.3, -0.25) is 0 Å². The van der Waals surface area contributed by atoms with E-state index in [4.69, 9.17) is 10.5 Å².